The van der Waals surface area contributed by atoms with E-state index in [9.17, 15) is 4.79 Å². The molecular weight excluding hydrogens is 172 g/mol. The molecule has 1 rings (SSSR count). The monoisotopic (exact) mass is 196 g/mol. The maximum atomic E-state index is 11.8. The Hall–Kier alpha value is -0.330. The highest BCUT2D eigenvalue weighted by Crippen LogP contribution is 2.34. The van der Waals surface area contributed by atoms with Crippen molar-refractivity contribution in [3.05, 3.63) is 0 Å². The van der Waals surface area contributed by atoms with Crippen LogP contribution in [-0.2, 0) is 4.79 Å². The lowest BCUT2D eigenvalue weighted by molar-refractivity contribution is -0.124. The Morgan fingerprint density at radius 2 is 1.93 bits per heavy atom. The molecule has 0 bridgehead atoms. The number of unbranched alkanes of at least 4 members (excludes halogenated alkanes) is 3. The standard InChI is InChI=1S/C13H24O/c1-3-5-6-7-8-11(4-2)13(14)12-9-10-12/h11-12H,3-10H2,1-2H3. The molecule has 82 valence electrons. The van der Waals surface area contributed by atoms with Crippen molar-refractivity contribution in [2.75, 3.05) is 0 Å². The Labute approximate surface area is 88.3 Å². The molecule has 1 heteroatoms. The normalized spacial score (nSPS) is 18.1. The topological polar surface area (TPSA) is 17.1 Å². The van der Waals surface area contributed by atoms with E-state index in [1.807, 2.05) is 0 Å². The van der Waals surface area contributed by atoms with Crippen LogP contribution < -0.4 is 0 Å². The van der Waals surface area contributed by atoms with Crippen LogP contribution in [-0.4, -0.2) is 5.78 Å². The van der Waals surface area contributed by atoms with Crippen LogP contribution in [0.15, 0.2) is 0 Å². The lowest BCUT2D eigenvalue weighted by Crippen LogP contribution is -2.15. The van der Waals surface area contributed by atoms with Crippen molar-refractivity contribution >= 4 is 5.78 Å². The summed E-state index contributed by atoms with van der Waals surface area (Å²) in [5.74, 6) is 1.43. The van der Waals surface area contributed by atoms with E-state index in [4.69, 9.17) is 0 Å². The molecule has 1 atom stereocenters. The highest BCUT2D eigenvalue weighted by molar-refractivity contribution is 5.85. The zero-order chi connectivity index (χ0) is 10.4. The number of ketones is 1. The van der Waals surface area contributed by atoms with E-state index in [-0.39, 0.29) is 0 Å². The minimum Gasteiger partial charge on any atom is -0.299 e. The molecule has 0 heterocycles. The number of carbonyl (C=O) groups is 1. The summed E-state index contributed by atoms with van der Waals surface area (Å²) in [6.45, 7) is 4.39. The average molecular weight is 196 g/mol. The van der Waals surface area contributed by atoms with Gasteiger partial charge in [-0.1, -0.05) is 39.5 Å². The third-order valence-electron chi connectivity index (χ3n) is 3.28. The van der Waals surface area contributed by atoms with Crippen LogP contribution in [0.3, 0.4) is 0 Å². The summed E-state index contributed by atoms with van der Waals surface area (Å²) in [4.78, 5) is 11.8. The largest absolute Gasteiger partial charge is 0.299 e. The predicted octanol–water partition coefficient (Wildman–Crippen LogP) is 3.96. The summed E-state index contributed by atoms with van der Waals surface area (Å²) in [6.07, 6.45) is 9.72. The molecule has 14 heavy (non-hydrogen) atoms. The van der Waals surface area contributed by atoms with Gasteiger partial charge in [0, 0.05) is 11.8 Å². The van der Waals surface area contributed by atoms with Crippen LogP contribution in [0.4, 0.5) is 0 Å². The lowest BCUT2D eigenvalue weighted by Gasteiger charge is -2.12. The molecule has 0 aromatic heterocycles. The van der Waals surface area contributed by atoms with Crippen molar-refractivity contribution in [2.45, 2.75) is 65.2 Å². The van der Waals surface area contributed by atoms with Gasteiger partial charge in [-0.25, -0.2) is 0 Å². The van der Waals surface area contributed by atoms with Gasteiger partial charge in [0.05, 0.1) is 0 Å². The van der Waals surface area contributed by atoms with Crippen LogP contribution in [0, 0.1) is 11.8 Å². The molecule has 0 aliphatic heterocycles. The SMILES string of the molecule is CCCCCCC(CC)C(=O)C1CC1. The first-order valence-corrected chi connectivity index (χ1v) is 6.33. The Bertz CT molecular complexity index is 170. The second kappa shape index (κ2) is 6.21. The summed E-state index contributed by atoms with van der Waals surface area (Å²) >= 11 is 0. The summed E-state index contributed by atoms with van der Waals surface area (Å²) in [6, 6.07) is 0. The lowest BCUT2D eigenvalue weighted by atomic mass is 9.92. The fourth-order valence-corrected chi connectivity index (χ4v) is 2.07. The van der Waals surface area contributed by atoms with Crippen LogP contribution in [0.5, 0.6) is 0 Å². The molecular formula is C13H24O. The maximum absolute atomic E-state index is 11.8. The fourth-order valence-electron chi connectivity index (χ4n) is 2.07. The van der Waals surface area contributed by atoms with E-state index in [0.717, 1.165) is 12.8 Å². The molecule has 1 saturated carbocycles. The van der Waals surface area contributed by atoms with Gasteiger partial charge in [-0.05, 0) is 25.7 Å². The third-order valence-corrected chi connectivity index (χ3v) is 3.28. The second-order valence-corrected chi connectivity index (χ2v) is 4.63. The Kier molecular flexibility index (Phi) is 5.21. The second-order valence-electron chi connectivity index (χ2n) is 4.63. The van der Waals surface area contributed by atoms with Crippen molar-refractivity contribution in [2.24, 2.45) is 11.8 Å². The molecule has 0 aromatic rings. The first kappa shape index (κ1) is 11.7. The molecule has 1 aliphatic carbocycles. The van der Waals surface area contributed by atoms with Gasteiger partial charge in [-0.15, -0.1) is 0 Å². The summed E-state index contributed by atoms with van der Waals surface area (Å²) < 4.78 is 0. The average Bonchev–Trinajstić information content (AvgIpc) is 3.00. The summed E-state index contributed by atoms with van der Waals surface area (Å²) in [5.41, 5.74) is 0. The van der Waals surface area contributed by atoms with E-state index in [1.54, 1.807) is 0 Å². The molecule has 1 nitrogen and oxygen atoms in total. The van der Waals surface area contributed by atoms with E-state index < -0.39 is 0 Å². The summed E-state index contributed by atoms with van der Waals surface area (Å²) in [7, 11) is 0. The molecule has 1 aliphatic rings. The van der Waals surface area contributed by atoms with Gasteiger partial charge in [-0.3, -0.25) is 4.79 Å². The van der Waals surface area contributed by atoms with Crippen LogP contribution >= 0.6 is 0 Å². The first-order valence-electron chi connectivity index (χ1n) is 6.33. The van der Waals surface area contributed by atoms with Crippen LogP contribution in [0.1, 0.15) is 65.2 Å². The van der Waals surface area contributed by atoms with Gasteiger partial charge in [0.15, 0.2) is 0 Å². The number of carbonyl (C=O) groups excluding carboxylic acids is 1. The number of Topliss-reactive ketones (excluding diaryl/α,β-unsaturated/α-hetero) is 1. The Morgan fingerprint density at radius 1 is 1.21 bits per heavy atom. The van der Waals surface area contributed by atoms with Gasteiger partial charge in [0.1, 0.15) is 5.78 Å². The predicted molar refractivity (Wildman–Crippen MR) is 60.3 cm³/mol. The molecule has 0 aromatic carbocycles. The van der Waals surface area contributed by atoms with Gasteiger partial charge in [0.25, 0.3) is 0 Å². The fraction of sp³-hybridized carbons (Fsp3) is 0.923. The first-order chi connectivity index (χ1) is 6.79. The zero-order valence-electron chi connectivity index (χ0n) is 9.72. The van der Waals surface area contributed by atoms with Crippen LogP contribution in [0.2, 0.25) is 0 Å². The van der Waals surface area contributed by atoms with E-state index in [1.165, 1.54) is 38.5 Å². The number of hydrogen-bond acceptors (Lipinski definition) is 1. The van der Waals surface area contributed by atoms with Crippen LogP contribution in [0.25, 0.3) is 0 Å². The number of rotatable bonds is 8. The van der Waals surface area contributed by atoms with Gasteiger partial charge in [0.2, 0.25) is 0 Å². The highest BCUT2D eigenvalue weighted by atomic mass is 16.1. The van der Waals surface area contributed by atoms with E-state index in [2.05, 4.69) is 13.8 Å². The minimum atomic E-state index is 0.388. The molecule has 0 amide bonds. The van der Waals surface area contributed by atoms with Crippen molar-refractivity contribution < 1.29 is 4.79 Å². The van der Waals surface area contributed by atoms with Crippen molar-refractivity contribution in [3.8, 4) is 0 Å². The Morgan fingerprint density at radius 3 is 2.43 bits per heavy atom. The molecule has 0 N–H and O–H groups in total. The summed E-state index contributed by atoms with van der Waals surface area (Å²) in [5, 5.41) is 0. The molecule has 1 unspecified atom stereocenters. The Balaban J connectivity index is 2.13. The minimum absolute atomic E-state index is 0.388. The highest BCUT2D eigenvalue weighted by Gasteiger charge is 2.33. The smallest absolute Gasteiger partial charge is 0.139 e. The zero-order valence-corrected chi connectivity index (χ0v) is 9.72. The third kappa shape index (κ3) is 3.81. The van der Waals surface area contributed by atoms with E-state index >= 15 is 0 Å². The quantitative estimate of drug-likeness (QED) is 0.537. The van der Waals surface area contributed by atoms with Gasteiger partial charge in [-0.2, -0.15) is 0 Å². The van der Waals surface area contributed by atoms with Crippen molar-refractivity contribution in [1.82, 2.24) is 0 Å². The van der Waals surface area contributed by atoms with E-state index in [0.29, 0.717) is 17.6 Å². The van der Waals surface area contributed by atoms with Gasteiger partial charge < -0.3 is 0 Å². The molecule has 0 radical (unpaired) electrons. The molecule has 1 fully saturated rings. The molecule has 0 spiro atoms. The van der Waals surface area contributed by atoms with Crippen molar-refractivity contribution in [3.63, 3.8) is 0 Å². The number of hydrogen-bond donors (Lipinski definition) is 0. The van der Waals surface area contributed by atoms with Crippen molar-refractivity contribution in [1.29, 1.82) is 0 Å². The molecule has 0 saturated heterocycles. The maximum Gasteiger partial charge on any atom is 0.139 e. The van der Waals surface area contributed by atoms with Gasteiger partial charge >= 0.3 is 0 Å².